The average molecular weight is 701 g/mol. The van der Waals surface area contributed by atoms with E-state index in [9.17, 15) is 23.3 Å². The molecule has 5 aromatic rings. The number of imide groups is 1. The van der Waals surface area contributed by atoms with Gasteiger partial charge in [-0.2, -0.15) is 10.4 Å². The molecule has 2 aliphatic heterocycles. The number of hydrogen-bond acceptors (Lipinski definition) is 7. The summed E-state index contributed by atoms with van der Waals surface area (Å²) in [4.78, 5) is 29.2. The number of nitriles is 1. The molecule has 0 aliphatic carbocycles. The Morgan fingerprint density at radius 1 is 0.900 bits per heavy atom. The summed E-state index contributed by atoms with van der Waals surface area (Å²) >= 11 is 6.35. The van der Waals surface area contributed by atoms with Gasteiger partial charge in [-0.25, -0.2) is 13.1 Å². The van der Waals surface area contributed by atoms with E-state index in [1.54, 1.807) is 53.4 Å². The highest BCUT2D eigenvalue weighted by molar-refractivity contribution is 7.91. The number of ether oxygens (including phenoxy) is 1. The van der Waals surface area contributed by atoms with E-state index >= 15 is 0 Å². The molecule has 11 heteroatoms. The van der Waals surface area contributed by atoms with Crippen molar-refractivity contribution >= 4 is 44.9 Å². The predicted octanol–water partition coefficient (Wildman–Crippen LogP) is 6.69. The summed E-state index contributed by atoms with van der Waals surface area (Å²) in [5, 5.41) is 15.9. The number of nitrogens with zero attached hydrogens (tertiary/aromatic N) is 4. The van der Waals surface area contributed by atoms with Gasteiger partial charge in [0.05, 0.1) is 28.8 Å². The van der Waals surface area contributed by atoms with Crippen molar-refractivity contribution in [2.24, 2.45) is 0 Å². The van der Waals surface area contributed by atoms with Gasteiger partial charge in [0.2, 0.25) is 0 Å². The van der Waals surface area contributed by atoms with Crippen LogP contribution in [0.25, 0.3) is 28.6 Å². The van der Waals surface area contributed by atoms with Crippen LogP contribution in [0.3, 0.4) is 0 Å². The summed E-state index contributed by atoms with van der Waals surface area (Å²) in [6.45, 7) is 0.246. The van der Waals surface area contributed by atoms with Gasteiger partial charge in [0.15, 0.2) is 9.84 Å². The first-order valence-electron chi connectivity index (χ1n) is 15.8. The number of amides is 2. The van der Waals surface area contributed by atoms with E-state index < -0.39 is 27.7 Å². The number of sulfone groups is 1. The molecular weight excluding hydrogens is 672 g/mol. The standard InChI is InChI=1S/C39H29ClN4O5S/c40-35-17-8-7-12-28(35)24-49-32-16-9-13-27(20-32)37-29(23-43(42-37)30-14-5-2-6-15-30)21-33-36(26-10-3-1-4-11-26)34(22-41)39(46)44(38(33)45)31-18-19-50(47,48)25-31/h1-17,20-21,23,31H,18-19,24-25H2/b33-21-. The van der Waals surface area contributed by atoms with Crippen LogP contribution in [0.1, 0.15) is 23.1 Å². The van der Waals surface area contributed by atoms with Crippen LogP contribution in [0.2, 0.25) is 5.02 Å². The lowest BCUT2D eigenvalue weighted by Crippen LogP contribution is -2.49. The molecule has 0 spiro atoms. The monoisotopic (exact) mass is 700 g/mol. The summed E-state index contributed by atoms with van der Waals surface area (Å²) in [6, 6.07) is 34.2. The Kier molecular flexibility index (Phi) is 8.93. The summed E-state index contributed by atoms with van der Waals surface area (Å²) in [7, 11) is -3.45. The Bertz CT molecular complexity index is 2340. The molecule has 248 valence electrons. The third-order valence-electron chi connectivity index (χ3n) is 8.67. The lowest BCUT2D eigenvalue weighted by Gasteiger charge is -2.32. The summed E-state index contributed by atoms with van der Waals surface area (Å²) in [5.41, 5.74) is 3.84. The van der Waals surface area contributed by atoms with E-state index in [1.807, 2.05) is 78.9 Å². The van der Waals surface area contributed by atoms with Crippen LogP contribution in [0.4, 0.5) is 0 Å². The average Bonchev–Trinajstić information content (AvgIpc) is 3.72. The van der Waals surface area contributed by atoms with E-state index in [4.69, 9.17) is 21.4 Å². The van der Waals surface area contributed by atoms with E-state index in [0.717, 1.165) is 16.2 Å². The third kappa shape index (κ3) is 6.49. The number of carbonyl (C=O) groups is 2. The molecule has 2 aliphatic rings. The maximum atomic E-state index is 14.5. The molecule has 0 N–H and O–H groups in total. The third-order valence-corrected chi connectivity index (χ3v) is 10.8. The minimum absolute atomic E-state index is 0.0802. The Balaban J connectivity index is 1.38. The molecule has 9 nitrogen and oxygen atoms in total. The van der Waals surface area contributed by atoms with Gasteiger partial charge < -0.3 is 4.74 Å². The fourth-order valence-electron chi connectivity index (χ4n) is 6.24. The van der Waals surface area contributed by atoms with Crippen LogP contribution < -0.4 is 4.74 Å². The number of halogens is 1. The Labute approximate surface area is 294 Å². The van der Waals surface area contributed by atoms with Crippen LogP contribution in [0.15, 0.2) is 127 Å². The predicted molar refractivity (Wildman–Crippen MR) is 191 cm³/mol. The van der Waals surface area contributed by atoms with Crippen LogP contribution >= 0.6 is 11.6 Å². The number of aromatic nitrogens is 2. The minimum atomic E-state index is -3.45. The molecule has 3 heterocycles. The zero-order chi connectivity index (χ0) is 34.8. The van der Waals surface area contributed by atoms with Crippen LogP contribution in [0.5, 0.6) is 5.75 Å². The minimum Gasteiger partial charge on any atom is -0.489 e. The van der Waals surface area contributed by atoms with Crippen molar-refractivity contribution in [3.8, 4) is 28.8 Å². The molecule has 0 bridgehead atoms. The number of para-hydroxylation sites is 1. The smallest absolute Gasteiger partial charge is 0.272 e. The number of benzene rings is 4. The van der Waals surface area contributed by atoms with Gasteiger partial charge in [0, 0.05) is 33.5 Å². The zero-order valence-corrected chi connectivity index (χ0v) is 28.1. The van der Waals surface area contributed by atoms with Gasteiger partial charge in [-0.05, 0) is 48.4 Å². The number of hydrogen-bond donors (Lipinski definition) is 0. The van der Waals surface area contributed by atoms with E-state index in [0.29, 0.717) is 33.2 Å². The van der Waals surface area contributed by atoms with Crippen molar-refractivity contribution in [2.45, 2.75) is 19.1 Å². The van der Waals surface area contributed by atoms with Crippen molar-refractivity contribution < 1.29 is 22.7 Å². The number of rotatable bonds is 8. The fraction of sp³-hybridized carbons (Fsp3) is 0.128. The molecule has 50 heavy (non-hydrogen) atoms. The van der Waals surface area contributed by atoms with Gasteiger partial charge in [-0.1, -0.05) is 90.5 Å². The zero-order valence-electron chi connectivity index (χ0n) is 26.6. The van der Waals surface area contributed by atoms with Crippen molar-refractivity contribution in [1.29, 1.82) is 5.26 Å². The van der Waals surface area contributed by atoms with E-state index in [2.05, 4.69) is 0 Å². The van der Waals surface area contributed by atoms with Gasteiger partial charge >= 0.3 is 0 Å². The molecule has 4 aromatic carbocycles. The first kappa shape index (κ1) is 32.8. The molecule has 7 rings (SSSR count). The molecule has 0 saturated carbocycles. The first-order valence-corrected chi connectivity index (χ1v) is 18.0. The molecule has 1 aromatic heterocycles. The highest BCUT2D eigenvalue weighted by atomic mass is 35.5. The second kappa shape index (κ2) is 13.6. The van der Waals surface area contributed by atoms with Crippen molar-refractivity contribution in [3.63, 3.8) is 0 Å². The molecule has 1 saturated heterocycles. The number of carbonyl (C=O) groups excluding carboxylic acids is 2. The van der Waals surface area contributed by atoms with Crippen LogP contribution in [0, 0.1) is 11.3 Å². The molecule has 1 fully saturated rings. The van der Waals surface area contributed by atoms with Crippen molar-refractivity contribution in [2.75, 3.05) is 11.5 Å². The van der Waals surface area contributed by atoms with E-state index in [-0.39, 0.29) is 41.3 Å². The Morgan fingerprint density at radius 2 is 1.60 bits per heavy atom. The maximum Gasteiger partial charge on any atom is 0.272 e. The lowest BCUT2D eigenvalue weighted by molar-refractivity contribution is -0.142. The highest BCUT2D eigenvalue weighted by Crippen LogP contribution is 2.38. The van der Waals surface area contributed by atoms with Gasteiger partial charge in [-0.15, -0.1) is 0 Å². The molecule has 1 unspecified atom stereocenters. The highest BCUT2D eigenvalue weighted by Gasteiger charge is 2.45. The molecular formula is C39H29ClN4O5S. The van der Waals surface area contributed by atoms with Crippen LogP contribution in [-0.2, 0) is 26.0 Å². The molecule has 0 radical (unpaired) electrons. The van der Waals surface area contributed by atoms with Gasteiger partial charge in [-0.3, -0.25) is 14.5 Å². The largest absolute Gasteiger partial charge is 0.489 e. The molecule has 1 atom stereocenters. The SMILES string of the molecule is N#CC1=C(c2ccccc2)/C(=C/c2cn(-c3ccccc3)nc2-c2cccc(OCc3ccccc3Cl)c2)C(=O)N(C2CCS(=O)(=O)C2)C1=O. The van der Waals surface area contributed by atoms with Gasteiger partial charge in [0.1, 0.15) is 29.7 Å². The van der Waals surface area contributed by atoms with Crippen LogP contribution in [-0.4, -0.2) is 52.5 Å². The van der Waals surface area contributed by atoms with E-state index in [1.165, 1.54) is 0 Å². The quantitative estimate of drug-likeness (QED) is 0.131. The maximum absolute atomic E-state index is 14.5. The summed E-state index contributed by atoms with van der Waals surface area (Å²) in [6.07, 6.45) is 3.51. The van der Waals surface area contributed by atoms with Crippen molar-refractivity contribution in [3.05, 3.63) is 148 Å². The van der Waals surface area contributed by atoms with Gasteiger partial charge in [0.25, 0.3) is 11.8 Å². The Hall–Kier alpha value is -5.76. The normalized spacial score (nSPS) is 18.0. The lowest BCUT2D eigenvalue weighted by atomic mass is 9.86. The molecule has 2 amide bonds. The second-order valence-electron chi connectivity index (χ2n) is 11.9. The first-order chi connectivity index (χ1) is 24.2. The fourth-order valence-corrected chi connectivity index (χ4v) is 8.13. The van der Waals surface area contributed by atoms with Crippen molar-refractivity contribution in [1.82, 2.24) is 14.7 Å². The summed E-state index contributed by atoms with van der Waals surface area (Å²) in [5.74, 6) is -1.41. The topological polar surface area (TPSA) is 122 Å². The second-order valence-corrected chi connectivity index (χ2v) is 14.6. The summed E-state index contributed by atoms with van der Waals surface area (Å²) < 4.78 is 32.7. The Morgan fingerprint density at radius 3 is 2.30 bits per heavy atom.